The highest BCUT2D eigenvalue weighted by Gasteiger charge is 2.36. The largest absolute Gasteiger partial charge is 0.497 e. The molecule has 1 aliphatic rings. The maximum atomic E-state index is 13.1. The minimum atomic E-state index is -0.368. The highest BCUT2D eigenvalue weighted by molar-refractivity contribution is 6.39. The van der Waals surface area contributed by atoms with Crippen molar-refractivity contribution in [3.05, 3.63) is 53.6 Å². The van der Waals surface area contributed by atoms with Crippen LogP contribution in [0.5, 0.6) is 5.75 Å². The number of carbonyl (C=O) groups excluding carboxylic acids is 2. The van der Waals surface area contributed by atoms with Crippen LogP contribution in [-0.2, 0) is 13.6 Å². The zero-order valence-electron chi connectivity index (χ0n) is 18.0. The fraction of sp³-hybridized carbons (Fsp3) is 0.200. The number of para-hydroxylation sites is 1. The van der Waals surface area contributed by atoms with Crippen LogP contribution in [0.3, 0.4) is 0 Å². The number of aromatic nitrogens is 2. The highest BCUT2D eigenvalue weighted by atomic mass is 16.5. The maximum Gasteiger partial charge on any atom is 0.259 e. The number of fused-ring (bicyclic) bond motifs is 10. The lowest BCUT2D eigenvalue weighted by Crippen LogP contribution is -2.22. The van der Waals surface area contributed by atoms with Crippen LogP contribution in [0.2, 0.25) is 0 Å². The fourth-order valence-corrected chi connectivity index (χ4v) is 5.29. The molecule has 1 aliphatic heterocycles. The van der Waals surface area contributed by atoms with Gasteiger partial charge in [-0.3, -0.25) is 14.9 Å². The predicted molar refractivity (Wildman–Crippen MR) is 125 cm³/mol. The van der Waals surface area contributed by atoms with Gasteiger partial charge in [-0.1, -0.05) is 18.2 Å². The summed E-state index contributed by atoms with van der Waals surface area (Å²) in [6.45, 7) is 2.53. The van der Waals surface area contributed by atoms with Crippen molar-refractivity contribution in [1.29, 1.82) is 0 Å². The van der Waals surface area contributed by atoms with Gasteiger partial charge in [-0.05, 0) is 31.2 Å². The smallest absolute Gasteiger partial charge is 0.259 e. The Labute approximate surface area is 183 Å². The number of nitrogens with two attached hydrogens (primary N) is 1. The van der Waals surface area contributed by atoms with Crippen molar-refractivity contribution in [2.24, 2.45) is 12.8 Å². The number of amides is 2. The second-order valence-electron chi connectivity index (χ2n) is 8.53. The molecule has 0 bridgehead atoms. The molecule has 0 fully saturated rings. The highest BCUT2D eigenvalue weighted by Crippen LogP contribution is 2.45. The van der Waals surface area contributed by atoms with E-state index < -0.39 is 0 Å². The molecule has 0 spiro atoms. The van der Waals surface area contributed by atoms with Crippen LogP contribution in [0.15, 0.2) is 42.5 Å². The van der Waals surface area contributed by atoms with Crippen molar-refractivity contribution in [1.82, 2.24) is 14.5 Å². The number of nitrogens with one attached hydrogen (secondary N) is 1. The molecule has 32 heavy (non-hydrogen) atoms. The van der Waals surface area contributed by atoms with Crippen molar-refractivity contribution < 1.29 is 14.3 Å². The normalized spacial score (nSPS) is 14.6. The fourth-order valence-electron chi connectivity index (χ4n) is 5.29. The van der Waals surface area contributed by atoms with E-state index in [0.29, 0.717) is 23.4 Å². The summed E-state index contributed by atoms with van der Waals surface area (Å²) in [7, 11) is 3.62. The molecule has 5 aromatic rings. The number of hydrogen-bond donors (Lipinski definition) is 2. The molecular weight excluding hydrogens is 404 g/mol. The lowest BCUT2D eigenvalue weighted by molar-refractivity contribution is 0.0880. The van der Waals surface area contributed by atoms with Crippen LogP contribution in [0.1, 0.15) is 27.6 Å². The summed E-state index contributed by atoms with van der Waals surface area (Å²) >= 11 is 0. The Morgan fingerprint density at radius 2 is 1.66 bits per heavy atom. The van der Waals surface area contributed by atoms with Crippen molar-refractivity contribution in [2.45, 2.75) is 19.5 Å². The molecule has 0 saturated carbocycles. The van der Waals surface area contributed by atoms with E-state index in [2.05, 4.69) is 14.5 Å². The lowest BCUT2D eigenvalue weighted by Gasteiger charge is -2.13. The number of imide groups is 1. The van der Waals surface area contributed by atoms with Crippen molar-refractivity contribution >= 4 is 55.4 Å². The number of benzene rings is 3. The summed E-state index contributed by atoms with van der Waals surface area (Å²) < 4.78 is 9.76. The van der Waals surface area contributed by atoms with E-state index >= 15 is 0 Å². The van der Waals surface area contributed by atoms with Gasteiger partial charge in [0.05, 0.1) is 29.3 Å². The molecule has 3 N–H and O–H groups in total. The van der Waals surface area contributed by atoms with Crippen molar-refractivity contribution in [3.63, 3.8) is 0 Å². The summed E-state index contributed by atoms with van der Waals surface area (Å²) in [5.74, 6) is -0.0373. The second kappa shape index (κ2) is 6.34. The molecular formula is C25H22N4O3. The van der Waals surface area contributed by atoms with Gasteiger partial charge in [-0.25, -0.2) is 0 Å². The number of hydrogen-bond acceptors (Lipinski definition) is 4. The zero-order valence-corrected chi connectivity index (χ0v) is 18.0. The van der Waals surface area contributed by atoms with E-state index in [4.69, 9.17) is 10.5 Å². The third-order valence-electron chi connectivity index (χ3n) is 6.50. The lowest BCUT2D eigenvalue weighted by atomic mass is 9.96. The van der Waals surface area contributed by atoms with Crippen LogP contribution < -0.4 is 15.8 Å². The summed E-state index contributed by atoms with van der Waals surface area (Å²) in [5, 5.41) is 5.91. The zero-order chi connectivity index (χ0) is 22.3. The molecule has 0 radical (unpaired) electrons. The monoisotopic (exact) mass is 426 g/mol. The SMILES string of the molecule is COc1ccc2c(c1)c1c3c(c4c5ccccc5n(C)c4c1n2CC(C)N)C(=O)NC3=O. The Bertz CT molecular complexity index is 1640. The molecule has 6 rings (SSSR count). The molecule has 7 nitrogen and oxygen atoms in total. The van der Waals surface area contributed by atoms with Crippen molar-refractivity contribution in [3.8, 4) is 5.75 Å². The Hall–Kier alpha value is -3.84. The molecule has 160 valence electrons. The van der Waals surface area contributed by atoms with Crippen LogP contribution in [0.25, 0.3) is 43.6 Å². The molecule has 2 aromatic heterocycles. The maximum absolute atomic E-state index is 13.1. The third-order valence-corrected chi connectivity index (χ3v) is 6.50. The summed E-state index contributed by atoms with van der Waals surface area (Å²) in [4.78, 5) is 26.1. The average Bonchev–Trinajstić information content (AvgIpc) is 3.36. The van der Waals surface area contributed by atoms with E-state index in [0.717, 1.165) is 43.6 Å². The van der Waals surface area contributed by atoms with Gasteiger partial charge in [-0.15, -0.1) is 0 Å². The molecule has 2 amide bonds. The minimum Gasteiger partial charge on any atom is -0.497 e. The van der Waals surface area contributed by atoms with Gasteiger partial charge >= 0.3 is 0 Å². The van der Waals surface area contributed by atoms with Gasteiger partial charge in [0.1, 0.15) is 5.75 Å². The standard InChI is InChI=1S/C25H22N4O3/c1-12(26)11-29-17-9-8-13(32-3)10-15(17)19-21-20(24(30)27-25(21)31)18-14-6-4-5-7-16(14)28(2)22(18)23(19)29/h4-10,12H,11,26H2,1-3H3,(H,27,30,31). The Kier molecular flexibility index (Phi) is 3.74. The molecule has 1 unspecified atom stereocenters. The topological polar surface area (TPSA) is 91.3 Å². The summed E-state index contributed by atoms with van der Waals surface area (Å²) in [5.41, 5.74) is 10.9. The van der Waals surface area contributed by atoms with Gasteiger partial charge in [0.2, 0.25) is 0 Å². The predicted octanol–water partition coefficient (Wildman–Crippen LogP) is 3.68. The number of nitrogens with zero attached hydrogens (tertiary/aromatic N) is 2. The van der Waals surface area contributed by atoms with E-state index in [-0.39, 0.29) is 17.9 Å². The summed E-state index contributed by atoms with van der Waals surface area (Å²) in [6, 6.07) is 13.7. The third kappa shape index (κ3) is 2.23. The molecule has 3 aromatic carbocycles. The molecule has 0 aliphatic carbocycles. The van der Waals surface area contributed by atoms with Gasteiger partial charge in [-0.2, -0.15) is 0 Å². The quantitative estimate of drug-likeness (QED) is 0.431. The summed E-state index contributed by atoms with van der Waals surface area (Å²) in [6.07, 6.45) is 0. The number of ether oxygens (including phenoxy) is 1. The van der Waals surface area contributed by atoms with Crippen LogP contribution >= 0.6 is 0 Å². The Morgan fingerprint density at radius 3 is 2.34 bits per heavy atom. The first-order valence-electron chi connectivity index (χ1n) is 10.6. The van der Waals surface area contributed by atoms with Gasteiger partial charge in [0.15, 0.2) is 0 Å². The second-order valence-corrected chi connectivity index (χ2v) is 8.53. The van der Waals surface area contributed by atoms with Gasteiger partial charge in [0, 0.05) is 52.2 Å². The molecule has 0 saturated heterocycles. The average molecular weight is 426 g/mol. The van der Waals surface area contributed by atoms with E-state index in [1.807, 2.05) is 56.4 Å². The Morgan fingerprint density at radius 1 is 0.969 bits per heavy atom. The first-order valence-corrected chi connectivity index (χ1v) is 10.6. The minimum absolute atomic E-state index is 0.107. The van der Waals surface area contributed by atoms with Crippen LogP contribution in [0, 0.1) is 0 Å². The number of aryl methyl sites for hydroxylation is 1. The first-order chi connectivity index (χ1) is 15.4. The van der Waals surface area contributed by atoms with Crippen LogP contribution in [0.4, 0.5) is 0 Å². The molecule has 1 atom stereocenters. The number of carbonyl (C=O) groups is 2. The molecule has 3 heterocycles. The van der Waals surface area contributed by atoms with Gasteiger partial charge in [0.25, 0.3) is 11.8 Å². The molecule has 7 heteroatoms. The van der Waals surface area contributed by atoms with E-state index in [9.17, 15) is 9.59 Å². The van der Waals surface area contributed by atoms with Crippen LogP contribution in [-0.4, -0.2) is 34.1 Å². The van der Waals surface area contributed by atoms with E-state index in [1.54, 1.807) is 7.11 Å². The number of methoxy groups -OCH3 is 1. The number of rotatable bonds is 3. The first kappa shape index (κ1) is 18.9. The van der Waals surface area contributed by atoms with Gasteiger partial charge < -0.3 is 19.6 Å². The van der Waals surface area contributed by atoms with Crippen molar-refractivity contribution in [2.75, 3.05) is 7.11 Å². The Balaban J connectivity index is 2.00. The van der Waals surface area contributed by atoms with E-state index in [1.165, 1.54) is 0 Å².